The summed E-state index contributed by atoms with van der Waals surface area (Å²) in [5.74, 6) is 0.544. The molecule has 5 heteroatoms. The summed E-state index contributed by atoms with van der Waals surface area (Å²) < 4.78 is 4.91. The number of aliphatic hydroxyl groups is 2. The molecule has 1 atom stereocenters. The topological polar surface area (TPSA) is 79.4 Å². The van der Waals surface area contributed by atoms with Crippen LogP contribution in [0.3, 0.4) is 0 Å². The van der Waals surface area contributed by atoms with Crippen molar-refractivity contribution >= 4 is 0 Å². The lowest BCUT2D eigenvalue weighted by atomic mass is 10.1. The highest BCUT2D eigenvalue weighted by Gasteiger charge is 2.17. The fourth-order valence-electron chi connectivity index (χ4n) is 1.36. The van der Waals surface area contributed by atoms with Gasteiger partial charge in [0.2, 0.25) is 0 Å². The summed E-state index contributed by atoms with van der Waals surface area (Å²) in [6.07, 6.45) is -0.591. The Morgan fingerprint density at radius 3 is 2.69 bits per heavy atom. The molecule has 0 saturated heterocycles. The molecule has 2 N–H and O–H groups in total. The zero-order valence-corrected chi connectivity index (χ0v) is 8.58. The molecule has 1 aromatic heterocycles. The average Bonchev–Trinajstić information content (AvgIpc) is 2.78. The first kappa shape index (κ1) is 10.8. The van der Waals surface area contributed by atoms with Crippen LogP contribution in [0.2, 0.25) is 0 Å². The molecule has 2 aromatic rings. The summed E-state index contributed by atoms with van der Waals surface area (Å²) in [7, 11) is 0. The van der Waals surface area contributed by atoms with Gasteiger partial charge in [-0.3, -0.25) is 0 Å². The molecule has 1 heterocycles. The van der Waals surface area contributed by atoms with Crippen LogP contribution < -0.4 is 0 Å². The second-order valence-electron chi connectivity index (χ2n) is 3.34. The summed E-state index contributed by atoms with van der Waals surface area (Å²) in [5.41, 5.74) is 0.696. The van der Waals surface area contributed by atoms with Crippen LogP contribution in [0, 0.1) is 0 Å². The predicted molar refractivity (Wildman–Crippen MR) is 55.6 cm³/mol. The molecule has 0 radical (unpaired) electrons. The van der Waals surface area contributed by atoms with Crippen molar-refractivity contribution in [1.29, 1.82) is 0 Å². The minimum atomic E-state index is -0.916. The summed E-state index contributed by atoms with van der Waals surface area (Å²) in [4.78, 5) is 3.99. The molecule has 0 aliphatic rings. The molecule has 84 valence electrons. The highest BCUT2D eigenvalue weighted by Crippen LogP contribution is 2.19. The number of nitrogens with zero attached hydrogens (tertiary/aromatic N) is 2. The molecule has 0 aliphatic carbocycles. The molecule has 1 aromatic carbocycles. The molecular formula is C11H12N2O3. The fraction of sp³-hybridized carbons (Fsp3) is 0.273. The zero-order chi connectivity index (χ0) is 11.4. The molecule has 0 aliphatic heterocycles. The van der Waals surface area contributed by atoms with E-state index >= 15 is 0 Å². The first-order chi connectivity index (χ1) is 7.81. The van der Waals surface area contributed by atoms with Gasteiger partial charge in [0.15, 0.2) is 11.9 Å². The number of rotatable bonds is 4. The smallest absolute Gasteiger partial charge is 0.260 e. The van der Waals surface area contributed by atoms with Crippen LogP contribution in [0.4, 0.5) is 0 Å². The first-order valence-corrected chi connectivity index (χ1v) is 4.97. The second-order valence-corrected chi connectivity index (χ2v) is 3.34. The number of aliphatic hydroxyl groups excluding tert-OH is 2. The Morgan fingerprint density at radius 2 is 2.00 bits per heavy atom. The van der Waals surface area contributed by atoms with Gasteiger partial charge in [-0.25, -0.2) is 0 Å². The van der Waals surface area contributed by atoms with Crippen molar-refractivity contribution in [2.45, 2.75) is 12.5 Å². The van der Waals surface area contributed by atoms with Crippen molar-refractivity contribution in [3.8, 4) is 0 Å². The lowest BCUT2D eigenvalue weighted by Gasteiger charge is -2.04. The molecular weight excluding hydrogens is 208 g/mol. The maximum Gasteiger partial charge on any atom is 0.260 e. The van der Waals surface area contributed by atoms with E-state index in [1.807, 2.05) is 18.2 Å². The molecule has 5 nitrogen and oxygen atoms in total. The van der Waals surface area contributed by atoms with Gasteiger partial charge in [0.05, 0.1) is 6.61 Å². The number of aromatic nitrogens is 2. The van der Waals surface area contributed by atoms with E-state index < -0.39 is 6.10 Å². The Kier molecular flexibility index (Phi) is 3.28. The van der Waals surface area contributed by atoms with E-state index in [0.717, 1.165) is 0 Å². The Balaban J connectivity index is 2.17. The standard InChI is InChI=1S/C11H12N2O3/c14-7-6-9-12-11(16-13-9)10(15)8-4-2-1-3-5-8/h1-5,10,14-15H,6-7H2. The molecule has 0 amide bonds. The normalized spacial score (nSPS) is 12.6. The van der Waals surface area contributed by atoms with Crippen molar-refractivity contribution < 1.29 is 14.7 Å². The van der Waals surface area contributed by atoms with Gasteiger partial charge in [-0.15, -0.1) is 0 Å². The van der Waals surface area contributed by atoms with E-state index in [9.17, 15) is 5.11 Å². The Morgan fingerprint density at radius 1 is 1.25 bits per heavy atom. The van der Waals surface area contributed by atoms with Crippen LogP contribution >= 0.6 is 0 Å². The SMILES string of the molecule is OCCc1noc(C(O)c2ccccc2)n1. The third-order valence-corrected chi connectivity index (χ3v) is 2.17. The van der Waals surface area contributed by atoms with E-state index in [-0.39, 0.29) is 12.5 Å². The van der Waals surface area contributed by atoms with E-state index in [4.69, 9.17) is 9.63 Å². The van der Waals surface area contributed by atoms with Crippen molar-refractivity contribution in [2.24, 2.45) is 0 Å². The van der Waals surface area contributed by atoms with Crippen LogP contribution in [0.15, 0.2) is 34.9 Å². The van der Waals surface area contributed by atoms with Gasteiger partial charge in [-0.05, 0) is 5.56 Å². The molecule has 0 bridgehead atoms. The van der Waals surface area contributed by atoms with Crippen LogP contribution in [0.5, 0.6) is 0 Å². The molecule has 0 saturated carbocycles. The van der Waals surface area contributed by atoms with Gasteiger partial charge < -0.3 is 14.7 Å². The van der Waals surface area contributed by atoms with Gasteiger partial charge in [0.1, 0.15) is 0 Å². The largest absolute Gasteiger partial charge is 0.396 e. The quantitative estimate of drug-likeness (QED) is 0.792. The third-order valence-electron chi connectivity index (χ3n) is 2.17. The van der Waals surface area contributed by atoms with Crippen molar-refractivity contribution in [1.82, 2.24) is 10.1 Å². The third kappa shape index (κ3) is 2.26. The van der Waals surface area contributed by atoms with Crippen LogP contribution in [-0.4, -0.2) is 27.0 Å². The van der Waals surface area contributed by atoms with Gasteiger partial charge in [-0.1, -0.05) is 35.5 Å². The highest BCUT2D eigenvalue weighted by atomic mass is 16.5. The van der Waals surface area contributed by atoms with E-state index in [2.05, 4.69) is 10.1 Å². The predicted octanol–water partition coefficient (Wildman–Crippen LogP) is 0.686. The number of hydrogen-bond donors (Lipinski definition) is 2. The van der Waals surface area contributed by atoms with Crippen molar-refractivity contribution in [3.05, 3.63) is 47.6 Å². The maximum absolute atomic E-state index is 9.91. The minimum Gasteiger partial charge on any atom is -0.396 e. The molecule has 16 heavy (non-hydrogen) atoms. The maximum atomic E-state index is 9.91. The van der Waals surface area contributed by atoms with E-state index in [0.29, 0.717) is 17.8 Å². The van der Waals surface area contributed by atoms with Gasteiger partial charge in [-0.2, -0.15) is 4.98 Å². The lowest BCUT2D eigenvalue weighted by molar-refractivity contribution is 0.170. The summed E-state index contributed by atoms with van der Waals surface area (Å²) >= 11 is 0. The van der Waals surface area contributed by atoms with Crippen LogP contribution in [0.1, 0.15) is 23.4 Å². The summed E-state index contributed by atoms with van der Waals surface area (Å²) in [6.45, 7) is -0.0413. The zero-order valence-electron chi connectivity index (χ0n) is 8.58. The molecule has 0 fully saturated rings. The van der Waals surface area contributed by atoms with E-state index in [1.54, 1.807) is 12.1 Å². The second kappa shape index (κ2) is 4.87. The van der Waals surface area contributed by atoms with Crippen LogP contribution in [-0.2, 0) is 6.42 Å². The Labute approximate surface area is 92.4 Å². The van der Waals surface area contributed by atoms with Crippen molar-refractivity contribution in [3.63, 3.8) is 0 Å². The average molecular weight is 220 g/mol. The fourth-order valence-corrected chi connectivity index (χ4v) is 1.36. The van der Waals surface area contributed by atoms with Gasteiger partial charge >= 0.3 is 0 Å². The van der Waals surface area contributed by atoms with E-state index in [1.165, 1.54) is 0 Å². The lowest BCUT2D eigenvalue weighted by Crippen LogP contribution is -2.00. The van der Waals surface area contributed by atoms with Gasteiger partial charge in [0, 0.05) is 6.42 Å². The molecule has 1 unspecified atom stereocenters. The van der Waals surface area contributed by atoms with Gasteiger partial charge in [0.25, 0.3) is 5.89 Å². The summed E-state index contributed by atoms with van der Waals surface area (Å²) in [6, 6.07) is 9.06. The van der Waals surface area contributed by atoms with Crippen LogP contribution in [0.25, 0.3) is 0 Å². The first-order valence-electron chi connectivity index (χ1n) is 4.97. The molecule has 2 rings (SSSR count). The highest BCUT2D eigenvalue weighted by molar-refractivity contribution is 5.21. The number of hydrogen-bond acceptors (Lipinski definition) is 5. The Bertz CT molecular complexity index is 442. The number of benzene rings is 1. The summed E-state index contributed by atoms with van der Waals surface area (Å²) in [5, 5.41) is 22.3. The monoisotopic (exact) mass is 220 g/mol. The van der Waals surface area contributed by atoms with Crippen molar-refractivity contribution in [2.75, 3.05) is 6.61 Å². The Hall–Kier alpha value is -1.72. The minimum absolute atomic E-state index is 0.0413. The molecule has 0 spiro atoms.